The summed E-state index contributed by atoms with van der Waals surface area (Å²) in [4.78, 5) is 60.6. The lowest BCUT2D eigenvalue weighted by Gasteiger charge is -2.42. The first-order chi connectivity index (χ1) is 33.8. The van der Waals surface area contributed by atoms with E-state index in [1.165, 1.54) is 34.5 Å². The number of nitrogens with zero attached hydrogens (tertiary/aromatic N) is 7. The number of rotatable bonds is 8. The maximum atomic E-state index is 14.7. The van der Waals surface area contributed by atoms with Crippen molar-refractivity contribution in [3.05, 3.63) is 76.9 Å². The number of hydrazine groups is 1. The van der Waals surface area contributed by atoms with Crippen LogP contribution in [0.2, 0.25) is 0 Å². The number of fused-ring (bicyclic) bond motifs is 8. The summed E-state index contributed by atoms with van der Waals surface area (Å²) in [6.45, 7) is 19.1. The molecule has 5 aliphatic heterocycles. The molecule has 3 aromatic heterocycles. The number of nitrogens with one attached hydrogen (secondary N) is 2. The van der Waals surface area contributed by atoms with Crippen molar-refractivity contribution in [1.82, 2.24) is 40.1 Å². The summed E-state index contributed by atoms with van der Waals surface area (Å²) in [7, 11) is 1.75. The standard InChI is InChI=1S/C55H73N9O6/c1-8-62-46-16-13-35-25-39(46)41(50(62)40-26-37(29-57-48(40)34(3)68-7)61-23-21-60(22-24-61)36-14-15-36)27-54(4,5)32-70-53(67)43-11-9-20-64(59-43)52(66)44(31-69-47-28-55(35,47)6)58-51(65)49-33(2)38-17-18-56-30-42(38)45-12-10-19-63(45)49/h13,16-18,25-26,29-30,33-34,36,43-45,47,49,59H,8-12,14-15,19-24,27-28,31-32H2,1-7H3,(H,58,65)/t33?,34-,43-,44-,45+,47+,49-,55?/m0/s1. The summed E-state index contributed by atoms with van der Waals surface area (Å²) in [5.41, 5.74) is 12.5. The molecule has 8 atom stereocenters. The van der Waals surface area contributed by atoms with E-state index in [4.69, 9.17) is 19.2 Å². The first-order valence-electron chi connectivity index (χ1n) is 26.3. The number of aromatic nitrogens is 3. The van der Waals surface area contributed by atoms with Gasteiger partial charge in [0.1, 0.15) is 12.1 Å². The number of hydrogen-bond acceptors (Lipinski definition) is 12. The predicted molar refractivity (Wildman–Crippen MR) is 268 cm³/mol. The molecular formula is C55H73N9O6. The molecule has 15 heteroatoms. The highest BCUT2D eigenvalue weighted by atomic mass is 16.5. The van der Waals surface area contributed by atoms with Crippen molar-refractivity contribution in [3.63, 3.8) is 0 Å². The van der Waals surface area contributed by atoms with Crippen molar-refractivity contribution < 1.29 is 28.6 Å². The van der Waals surface area contributed by atoms with Gasteiger partial charge in [-0.05, 0) is 118 Å². The zero-order valence-electron chi connectivity index (χ0n) is 42.3. The molecule has 2 saturated carbocycles. The second kappa shape index (κ2) is 18.6. The Morgan fingerprint density at radius 2 is 1.79 bits per heavy atom. The van der Waals surface area contributed by atoms with Crippen LogP contribution in [0.15, 0.2) is 48.9 Å². The van der Waals surface area contributed by atoms with E-state index < -0.39 is 29.5 Å². The Kier molecular flexibility index (Phi) is 12.6. The molecule has 3 saturated heterocycles. The largest absolute Gasteiger partial charge is 0.464 e. The van der Waals surface area contributed by atoms with E-state index in [1.807, 2.05) is 18.5 Å². The van der Waals surface area contributed by atoms with Gasteiger partial charge >= 0.3 is 5.97 Å². The Hall–Kier alpha value is -4.93. The molecule has 2 unspecified atom stereocenters. The van der Waals surface area contributed by atoms with E-state index in [0.717, 1.165) is 104 Å². The highest BCUT2D eigenvalue weighted by molar-refractivity contribution is 5.94. The van der Waals surface area contributed by atoms with Crippen LogP contribution >= 0.6 is 0 Å². The number of aryl methyl sites for hydroxylation is 1. The van der Waals surface area contributed by atoms with Crippen LogP contribution in [0.1, 0.15) is 132 Å². The molecule has 2 amide bonds. The second-order valence-electron chi connectivity index (χ2n) is 22.5. The molecule has 70 heavy (non-hydrogen) atoms. The third kappa shape index (κ3) is 8.60. The molecule has 2 aliphatic carbocycles. The molecule has 2 N–H and O–H groups in total. The summed E-state index contributed by atoms with van der Waals surface area (Å²) in [6.07, 6.45) is 12.5. The smallest absolute Gasteiger partial charge is 0.324 e. The maximum absolute atomic E-state index is 14.7. The van der Waals surface area contributed by atoms with Gasteiger partial charge in [0.05, 0.1) is 54.7 Å². The van der Waals surface area contributed by atoms with E-state index in [-0.39, 0.29) is 54.6 Å². The number of benzene rings is 1. The number of ether oxygens (including phenoxy) is 3. The molecule has 1 aromatic carbocycles. The number of methoxy groups -OCH3 is 1. The Labute approximate surface area is 412 Å². The number of esters is 1. The van der Waals surface area contributed by atoms with E-state index >= 15 is 0 Å². The molecule has 5 fully saturated rings. The number of anilines is 1. The Morgan fingerprint density at radius 1 is 0.986 bits per heavy atom. The van der Waals surface area contributed by atoms with Crippen molar-refractivity contribution in [2.24, 2.45) is 5.41 Å². The zero-order chi connectivity index (χ0) is 48.6. The summed E-state index contributed by atoms with van der Waals surface area (Å²) in [6, 6.07) is 9.96. The molecule has 0 radical (unpaired) electrons. The van der Waals surface area contributed by atoms with Crippen molar-refractivity contribution in [3.8, 4) is 11.3 Å². The first-order valence-corrected chi connectivity index (χ1v) is 26.3. The summed E-state index contributed by atoms with van der Waals surface area (Å²) in [5.74, 6) is -0.998. The maximum Gasteiger partial charge on any atom is 0.324 e. The van der Waals surface area contributed by atoms with Gasteiger partial charge < -0.3 is 29.0 Å². The van der Waals surface area contributed by atoms with E-state index in [1.54, 1.807) is 13.3 Å². The minimum Gasteiger partial charge on any atom is -0.464 e. The normalized spacial score (nSPS) is 30.0. The van der Waals surface area contributed by atoms with Gasteiger partial charge in [-0.3, -0.25) is 39.2 Å². The van der Waals surface area contributed by atoms with Crippen LogP contribution in [0, 0.1) is 5.41 Å². The van der Waals surface area contributed by atoms with Crippen molar-refractivity contribution >= 4 is 34.4 Å². The van der Waals surface area contributed by atoms with Gasteiger partial charge in [0.25, 0.3) is 5.91 Å². The summed E-state index contributed by atoms with van der Waals surface area (Å²) >= 11 is 0. The molecule has 374 valence electrons. The molecule has 7 aliphatic rings. The van der Waals surface area contributed by atoms with Crippen molar-refractivity contribution in [2.75, 3.05) is 64.5 Å². The molecule has 8 heterocycles. The number of amides is 2. The van der Waals surface area contributed by atoms with Gasteiger partial charge in [-0.2, -0.15) is 0 Å². The fourth-order valence-electron chi connectivity index (χ4n) is 12.8. The quantitative estimate of drug-likeness (QED) is 0.184. The van der Waals surface area contributed by atoms with E-state index in [2.05, 4.69) is 101 Å². The monoisotopic (exact) mass is 956 g/mol. The minimum atomic E-state index is -0.977. The number of carbonyl (C=O) groups excluding carboxylic acids is 3. The number of pyridine rings is 2. The Balaban J connectivity index is 0.953. The Bertz CT molecular complexity index is 2660. The SMILES string of the molecule is CCn1c(-c2cc(N3CCN(C4CC4)CC3)cnc2[C@H](C)OC)c2c3cc(ccc31)C1(C)C[C@H]1OC[C@H](NC(=O)[C@@H]1C(C)c3ccncc3[C@H]3CCCN31)C(=O)N1CCC[C@H](N1)C(=O)OCC(C)(C)C2. The fourth-order valence-corrected chi connectivity index (χ4v) is 12.8. The first kappa shape index (κ1) is 47.4. The molecule has 0 spiro atoms. The van der Waals surface area contributed by atoms with Crippen LogP contribution in [0.5, 0.6) is 0 Å². The number of cyclic esters (lactones) is 1. The van der Waals surface area contributed by atoms with Crippen LogP contribution < -0.4 is 15.6 Å². The van der Waals surface area contributed by atoms with Crippen LogP contribution in [-0.4, -0.2) is 137 Å². The topological polar surface area (TPSA) is 147 Å². The summed E-state index contributed by atoms with van der Waals surface area (Å²) in [5, 5.41) is 5.89. The van der Waals surface area contributed by atoms with Crippen LogP contribution in [0.3, 0.4) is 0 Å². The van der Waals surface area contributed by atoms with E-state index in [9.17, 15) is 14.4 Å². The lowest BCUT2D eigenvalue weighted by atomic mass is 9.82. The van der Waals surface area contributed by atoms with E-state index in [0.29, 0.717) is 25.8 Å². The van der Waals surface area contributed by atoms with Gasteiger partial charge in [0.2, 0.25) is 5.91 Å². The van der Waals surface area contributed by atoms with Crippen LogP contribution in [0.4, 0.5) is 5.69 Å². The fraction of sp³-hybridized carbons (Fsp3) is 0.618. The molecule has 11 rings (SSSR count). The van der Waals surface area contributed by atoms with Gasteiger partial charge in [-0.15, -0.1) is 0 Å². The highest BCUT2D eigenvalue weighted by Crippen LogP contribution is 2.52. The predicted octanol–water partition coefficient (Wildman–Crippen LogP) is 6.59. The van der Waals surface area contributed by atoms with Gasteiger partial charge in [-0.25, -0.2) is 5.43 Å². The van der Waals surface area contributed by atoms with Gasteiger partial charge in [-0.1, -0.05) is 33.8 Å². The van der Waals surface area contributed by atoms with Crippen LogP contribution in [0.25, 0.3) is 22.2 Å². The molecule has 4 aromatic rings. The lowest BCUT2D eigenvalue weighted by molar-refractivity contribution is -0.156. The van der Waals surface area contributed by atoms with Gasteiger partial charge in [0, 0.05) is 104 Å². The van der Waals surface area contributed by atoms with Crippen molar-refractivity contribution in [1.29, 1.82) is 0 Å². The molecule has 15 nitrogen and oxygen atoms in total. The average Bonchev–Trinajstić information content (AvgIpc) is 4.26. The van der Waals surface area contributed by atoms with Crippen LogP contribution in [-0.2, 0) is 47.0 Å². The average molecular weight is 956 g/mol. The number of carbonyl (C=O) groups is 3. The Morgan fingerprint density at radius 3 is 2.56 bits per heavy atom. The third-order valence-electron chi connectivity index (χ3n) is 17.2. The molecular weight excluding hydrogens is 883 g/mol. The number of piperazine rings is 1. The summed E-state index contributed by atoms with van der Waals surface area (Å²) < 4.78 is 21.5. The van der Waals surface area contributed by atoms with Gasteiger partial charge in [0.15, 0.2) is 0 Å². The second-order valence-corrected chi connectivity index (χ2v) is 22.5. The number of hydrogen-bond donors (Lipinski definition) is 2. The molecule has 4 bridgehead atoms. The third-order valence-corrected chi connectivity index (χ3v) is 17.2. The van der Waals surface area contributed by atoms with Crippen molar-refractivity contribution in [2.45, 2.75) is 153 Å². The lowest BCUT2D eigenvalue weighted by Crippen LogP contribution is -2.62. The highest BCUT2D eigenvalue weighted by Gasteiger charge is 2.54. The zero-order valence-corrected chi connectivity index (χ0v) is 42.3. The minimum absolute atomic E-state index is 0.000630.